The van der Waals surface area contributed by atoms with E-state index in [1.165, 1.54) is 0 Å². The quantitative estimate of drug-likeness (QED) is 0.538. The zero-order valence-corrected chi connectivity index (χ0v) is 16.1. The topological polar surface area (TPSA) is 55.4 Å². The molecule has 7 heteroatoms. The third-order valence-corrected chi connectivity index (χ3v) is 7.90. The molecule has 132 valence electrons. The first-order valence-electron chi connectivity index (χ1n) is 7.83. The molecule has 0 aromatic carbocycles. The Labute approximate surface area is 135 Å². The van der Waals surface area contributed by atoms with E-state index in [9.17, 15) is 0 Å². The molecule has 6 nitrogen and oxygen atoms in total. The maximum absolute atomic E-state index is 6.00. The van der Waals surface area contributed by atoms with Crippen LogP contribution >= 0.6 is 0 Å². The van der Waals surface area contributed by atoms with Gasteiger partial charge in [0.15, 0.2) is 0 Å². The van der Waals surface area contributed by atoms with Crippen molar-refractivity contribution in [2.75, 3.05) is 48.3 Å². The molecule has 0 radical (unpaired) electrons. The van der Waals surface area contributed by atoms with E-state index in [-0.39, 0.29) is 16.7 Å². The number of hydrogen-bond donors (Lipinski definition) is 0. The molecule has 2 unspecified atom stereocenters. The fourth-order valence-electron chi connectivity index (χ4n) is 3.39. The lowest BCUT2D eigenvalue weighted by molar-refractivity contribution is -0.235. The Morgan fingerprint density at radius 1 is 1.09 bits per heavy atom. The lowest BCUT2D eigenvalue weighted by Crippen LogP contribution is -2.64. The van der Waals surface area contributed by atoms with E-state index in [0.717, 1.165) is 6.42 Å². The van der Waals surface area contributed by atoms with Crippen molar-refractivity contribution in [3.8, 4) is 0 Å². The smallest absolute Gasteiger partial charge is 0.380 e. The van der Waals surface area contributed by atoms with E-state index in [1.807, 2.05) is 6.92 Å². The van der Waals surface area contributed by atoms with Crippen LogP contribution in [0.3, 0.4) is 0 Å². The Kier molecular flexibility index (Phi) is 7.45. The zero-order valence-electron chi connectivity index (χ0n) is 15.1. The first-order chi connectivity index (χ1) is 10.4. The standard InChI is InChI=1S/C15H32O6Si/c1-8-15(16-4,14(3)11-20-12-14)10-13(21-9-2)22(17-5,18-6)19-7/h13H,8-12H2,1-7H3. The Morgan fingerprint density at radius 2 is 1.64 bits per heavy atom. The highest BCUT2D eigenvalue weighted by Gasteiger charge is 2.58. The van der Waals surface area contributed by atoms with Gasteiger partial charge in [-0.2, -0.15) is 0 Å². The summed E-state index contributed by atoms with van der Waals surface area (Å²) in [6.45, 7) is 8.23. The van der Waals surface area contributed by atoms with Crippen LogP contribution < -0.4 is 0 Å². The molecule has 1 aliphatic rings. The van der Waals surface area contributed by atoms with Crippen LogP contribution in [0.5, 0.6) is 0 Å². The second-order valence-corrected chi connectivity index (χ2v) is 9.05. The van der Waals surface area contributed by atoms with Gasteiger partial charge in [-0.1, -0.05) is 13.8 Å². The fraction of sp³-hybridized carbons (Fsp3) is 1.00. The van der Waals surface area contributed by atoms with Crippen LogP contribution in [0.4, 0.5) is 0 Å². The van der Waals surface area contributed by atoms with Gasteiger partial charge in [-0.3, -0.25) is 0 Å². The van der Waals surface area contributed by atoms with Crippen molar-refractivity contribution in [2.24, 2.45) is 5.41 Å². The molecule has 1 heterocycles. The van der Waals surface area contributed by atoms with Gasteiger partial charge < -0.3 is 27.5 Å². The molecule has 22 heavy (non-hydrogen) atoms. The average Bonchev–Trinajstić information content (AvgIpc) is 2.52. The van der Waals surface area contributed by atoms with Crippen molar-refractivity contribution in [1.29, 1.82) is 0 Å². The molecule has 1 aliphatic heterocycles. The first-order valence-corrected chi connectivity index (χ1v) is 9.63. The van der Waals surface area contributed by atoms with Crippen molar-refractivity contribution >= 4 is 8.80 Å². The van der Waals surface area contributed by atoms with Crippen molar-refractivity contribution in [3.05, 3.63) is 0 Å². The second kappa shape index (κ2) is 8.19. The molecule has 1 saturated heterocycles. The zero-order chi connectivity index (χ0) is 16.9. The van der Waals surface area contributed by atoms with Crippen LogP contribution in [0.25, 0.3) is 0 Å². The third kappa shape index (κ3) is 3.40. The summed E-state index contributed by atoms with van der Waals surface area (Å²) in [5.74, 6) is 0. The first kappa shape index (κ1) is 20.0. The minimum Gasteiger partial charge on any atom is -0.380 e. The van der Waals surface area contributed by atoms with Gasteiger partial charge in [-0.15, -0.1) is 0 Å². The highest BCUT2D eigenvalue weighted by Crippen LogP contribution is 2.47. The molecule has 2 atom stereocenters. The summed E-state index contributed by atoms with van der Waals surface area (Å²) >= 11 is 0. The van der Waals surface area contributed by atoms with Gasteiger partial charge in [0.1, 0.15) is 5.73 Å². The molecule has 0 spiro atoms. The van der Waals surface area contributed by atoms with Crippen molar-refractivity contribution in [1.82, 2.24) is 0 Å². The van der Waals surface area contributed by atoms with Crippen LogP contribution in [-0.2, 0) is 27.5 Å². The van der Waals surface area contributed by atoms with E-state index in [0.29, 0.717) is 26.2 Å². The number of methoxy groups -OCH3 is 1. The van der Waals surface area contributed by atoms with Gasteiger partial charge in [0.05, 0.1) is 18.8 Å². The van der Waals surface area contributed by atoms with Gasteiger partial charge in [0.25, 0.3) is 0 Å². The minimum absolute atomic E-state index is 0.0405. The van der Waals surface area contributed by atoms with Gasteiger partial charge >= 0.3 is 8.80 Å². The van der Waals surface area contributed by atoms with E-state index in [1.54, 1.807) is 28.4 Å². The third-order valence-electron chi connectivity index (χ3n) is 5.03. The molecule has 0 aliphatic carbocycles. The maximum atomic E-state index is 6.00. The highest BCUT2D eigenvalue weighted by molar-refractivity contribution is 6.62. The van der Waals surface area contributed by atoms with Crippen LogP contribution in [0.1, 0.15) is 33.6 Å². The molecule has 0 bridgehead atoms. The molecule has 0 aromatic heterocycles. The number of hydrogen-bond acceptors (Lipinski definition) is 6. The van der Waals surface area contributed by atoms with E-state index < -0.39 is 8.80 Å². The maximum Gasteiger partial charge on any atom is 0.530 e. The van der Waals surface area contributed by atoms with E-state index in [4.69, 9.17) is 27.5 Å². The van der Waals surface area contributed by atoms with E-state index >= 15 is 0 Å². The molecule has 0 N–H and O–H groups in total. The Morgan fingerprint density at radius 3 is 1.91 bits per heavy atom. The average molecular weight is 337 g/mol. The SMILES string of the molecule is CCOC(CC(CC)(OC)C1(C)COC1)[Si](OC)(OC)OC. The molecule has 1 fully saturated rings. The summed E-state index contributed by atoms with van der Waals surface area (Å²) in [6.07, 6.45) is 1.50. The Hall–Kier alpha value is -0.0231. The Balaban J connectivity index is 3.09. The van der Waals surface area contributed by atoms with E-state index in [2.05, 4.69) is 13.8 Å². The van der Waals surface area contributed by atoms with Gasteiger partial charge in [0.2, 0.25) is 0 Å². The molecular formula is C15H32O6Si. The van der Waals surface area contributed by atoms with Crippen LogP contribution in [-0.4, -0.2) is 68.4 Å². The van der Waals surface area contributed by atoms with Gasteiger partial charge in [-0.05, 0) is 13.3 Å². The number of ether oxygens (including phenoxy) is 3. The predicted octanol–water partition coefficient (Wildman–Crippen LogP) is 2.03. The summed E-state index contributed by atoms with van der Waals surface area (Å²) in [5, 5.41) is 0. The largest absolute Gasteiger partial charge is 0.530 e. The van der Waals surface area contributed by atoms with Crippen LogP contribution in [0, 0.1) is 5.41 Å². The minimum atomic E-state index is -2.92. The summed E-state index contributed by atoms with van der Waals surface area (Å²) in [7, 11) is 3.67. The summed E-state index contributed by atoms with van der Waals surface area (Å²) in [5.41, 5.74) is -0.685. The van der Waals surface area contributed by atoms with Crippen molar-refractivity contribution in [3.63, 3.8) is 0 Å². The Bertz CT molecular complexity index is 318. The number of rotatable bonds is 11. The summed E-state index contributed by atoms with van der Waals surface area (Å²) < 4.78 is 34.3. The monoisotopic (exact) mass is 336 g/mol. The predicted molar refractivity (Wildman–Crippen MR) is 85.8 cm³/mol. The second-order valence-electron chi connectivity index (χ2n) is 5.97. The molecule has 1 rings (SSSR count). The van der Waals surface area contributed by atoms with Crippen molar-refractivity contribution in [2.45, 2.75) is 44.9 Å². The van der Waals surface area contributed by atoms with Crippen LogP contribution in [0.2, 0.25) is 0 Å². The molecule has 0 amide bonds. The lowest BCUT2D eigenvalue weighted by atomic mass is 9.68. The van der Waals surface area contributed by atoms with Crippen LogP contribution in [0.15, 0.2) is 0 Å². The lowest BCUT2D eigenvalue weighted by Gasteiger charge is -2.54. The molecular weight excluding hydrogens is 304 g/mol. The van der Waals surface area contributed by atoms with Crippen molar-refractivity contribution < 1.29 is 27.5 Å². The fourth-order valence-corrected chi connectivity index (χ4v) is 5.63. The van der Waals surface area contributed by atoms with Gasteiger partial charge in [0, 0.05) is 46.9 Å². The summed E-state index contributed by atoms with van der Waals surface area (Å²) in [6, 6.07) is 0. The normalized spacial score (nSPS) is 22.0. The van der Waals surface area contributed by atoms with Gasteiger partial charge in [-0.25, -0.2) is 0 Å². The summed E-state index contributed by atoms with van der Waals surface area (Å²) in [4.78, 5) is 0. The molecule has 0 aromatic rings. The highest BCUT2D eigenvalue weighted by atomic mass is 28.4. The molecule has 0 saturated carbocycles.